The molecule has 1 atom stereocenters. The molecule has 0 aromatic heterocycles. The van der Waals surface area contributed by atoms with E-state index in [-0.39, 0.29) is 6.10 Å². The lowest BCUT2D eigenvalue weighted by atomic mass is 10.1. The van der Waals surface area contributed by atoms with Crippen LogP contribution >= 0.6 is 0 Å². The van der Waals surface area contributed by atoms with E-state index in [0.29, 0.717) is 23.0 Å². The minimum Gasteiger partial charge on any atom is -0.493 e. The molecule has 0 saturated carbocycles. The van der Waals surface area contributed by atoms with Gasteiger partial charge in [-0.1, -0.05) is 13.8 Å². The predicted molar refractivity (Wildman–Crippen MR) is 69.3 cm³/mol. The Hall–Kier alpha value is -1.71. The molecule has 0 aliphatic heterocycles. The number of carbonyl (C=O) groups excluding carboxylic acids is 1. The van der Waals surface area contributed by atoms with Crippen LogP contribution in [-0.2, 0) is 4.74 Å². The highest BCUT2D eigenvalue weighted by Crippen LogP contribution is 2.30. The second kappa shape index (κ2) is 6.28. The molecule has 1 rings (SSSR count). The highest BCUT2D eigenvalue weighted by Gasteiger charge is 2.15. The van der Waals surface area contributed by atoms with Crippen LogP contribution in [0.3, 0.4) is 0 Å². The van der Waals surface area contributed by atoms with Crippen LogP contribution in [0.1, 0.15) is 31.1 Å². The van der Waals surface area contributed by atoms with Crippen molar-refractivity contribution in [2.75, 3.05) is 14.2 Å². The molecule has 0 spiro atoms. The van der Waals surface area contributed by atoms with Gasteiger partial charge in [0.25, 0.3) is 0 Å². The van der Waals surface area contributed by atoms with E-state index in [4.69, 9.17) is 9.47 Å². The molecule has 4 nitrogen and oxygen atoms in total. The Balaban J connectivity index is 2.97. The molecule has 0 N–H and O–H groups in total. The number of methoxy groups -OCH3 is 2. The Morgan fingerprint density at radius 3 is 2.28 bits per heavy atom. The third kappa shape index (κ3) is 3.39. The molecule has 0 saturated heterocycles. The first-order valence-corrected chi connectivity index (χ1v) is 5.92. The van der Waals surface area contributed by atoms with Crippen LogP contribution in [0.2, 0.25) is 0 Å². The van der Waals surface area contributed by atoms with Gasteiger partial charge in [-0.05, 0) is 31.0 Å². The molecule has 0 aliphatic carbocycles. The van der Waals surface area contributed by atoms with Crippen LogP contribution < -0.4 is 9.47 Å². The van der Waals surface area contributed by atoms with E-state index in [9.17, 15) is 4.79 Å². The smallest absolute Gasteiger partial charge is 0.337 e. The number of hydrogen-bond acceptors (Lipinski definition) is 4. The predicted octanol–water partition coefficient (Wildman–Crippen LogP) is 2.91. The van der Waals surface area contributed by atoms with Crippen molar-refractivity contribution >= 4 is 5.97 Å². The quantitative estimate of drug-likeness (QED) is 0.756. The van der Waals surface area contributed by atoms with Crippen molar-refractivity contribution in [1.29, 1.82) is 0 Å². The largest absolute Gasteiger partial charge is 0.493 e. The summed E-state index contributed by atoms with van der Waals surface area (Å²) in [6, 6.07) is 5.01. The van der Waals surface area contributed by atoms with Gasteiger partial charge in [0.05, 0.1) is 25.9 Å². The summed E-state index contributed by atoms with van der Waals surface area (Å²) in [6.45, 7) is 6.16. The van der Waals surface area contributed by atoms with Gasteiger partial charge in [-0.15, -0.1) is 0 Å². The number of rotatable bonds is 5. The van der Waals surface area contributed by atoms with Gasteiger partial charge in [0.2, 0.25) is 0 Å². The molecule has 0 aliphatic rings. The van der Waals surface area contributed by atoms with Gasteiger partial charge >= 0.3 is 5.97 Å². The lowest BCUT2D eigenvalue weighted by molar-refractivity contribution is 0.0600. The van der Waals surface area contributed by atoms with Crippen LogP contribution in [0.4, 0.5) is 0 Å². The number of esters is 1. The molecule has 0 fully saturated rings. The fourth-order valence-corrected chi connectivity index (χ4v) is 1.35. The van der Waals surface area contributed by atoms with Gasteiger partial charge in [0, 0.05) is 0 Å². The maximum absolute atomic E-state index is 11.4. The minimum atomic E-state index is -0.392. The topological polar surface area (TPSA) is 44.8 Å². The van der Waals surface area contributed by atoms with Gasteiger partial charge in [0.1, 0.15) is 0 Å². The molecular formula is C14H20O4. The van der Waals surface area contributed by atoms with Crippen LogP contribution in [0, 0.1) is 5.92 Å². The first-order valence-electron chi connectivity index (χ1n) is 5.92. The van der Waals surface area contributed by atoms with E-state index in [2.05, 4.69) is 18.6 Å². The van der Waals surface area contributed by atoms with Crippen LogP contribution in [0.15, 0.2) is 18.2 Å². The van der Waals surface area contributed by atoms with Crippen molar-refractivity contribution < 1.29 is 19.0 Å². The fraction of sp³-hybridized carbons (Fsp3) is 0.500. The van der Waals surface area contributed by atoms with Crippen LogP contribution in [0.5, 0.6) is 11.5 Å². The summed E-state index contributed by atoms with van der Waals surface area (Å²) in [5.41, 5.74) is 0.443. The normalized spacial score (nSPS) is 12.1. The fourth-order valence-electron chi connectivity index (χ4n) is 1.35. The number of hydrogen-bond donors (Lipinski definition) is 0. The maximum Gasteiger partial charge on any atom is 0.337 e. The molecule has 4 heteroatoms. The summed E-state index contributed by atoms with van der Waals surface area (Å²) in [6.07, 6.45) is 0.0721. The highest BCUT2D eigenvalue weighted by molar-refractivity contribution is 5.90. The Kier molecular flexibility index (Phi) is 5.01. The zero-order valence-electron chi connectivity index (χ0n) is 11.5. The maximum atomic E-state index is 11.4. The summed E-state index contributed by atoms with van der Waals surface area (Å²) in [5, 5.41) is 0. The Labute approximate surface area is 108 Å². The zero-order valence-corrected chi connectivity index (χ0v) is 11.5. The lowest BCUT2D eigenvalue weighted by Crippen LogP contribution is -2.19. The molecule has 18 heavy (non-hydrogen) atoms. The van der Waals surface area contributed by atoms with Crippen molar-refractivity contribution in [2.45, 2.75) is 26.9 Å². The average Bonchev–Trinajstić information content (AvgIpc) is 2.37. The van der Waals surface area contributed by atoms with Crippen molar-refractivity contribution in [3.05, 3.63) is 23.8 Å². The first kappa shape index (κ1) is 14.4. The van der Waals surface area contributed by atoms with E-state index >= 15 is 0 Å². The number of ether oxygens (including phenoxy) is 3. The monoisotopic (exact) mass is 252 g/mol. The van der Waals surface area contributed by atoms with Crippen molar-refractivity contribution in [2.24, 2.45) is 5.92 Å². The molecular weight excluding hydrogens is 232 g/mol. The summed E-state index contributed by atoms with van der Waals surface area (Å²) in [7, 11) is 2.89. The standard InChI is InChI=1S/C14H20O4/c1-9(2)10(3)18-12-7-6-11(14(15)17-5)8-13(12)16-4/h6-10H,1-5H3. The third-order valence-electron chi connectivity index (χ3n) is 2.84. The molecule has 1 aromatic carbocycles. The van der Waals surface area contributed by atoms with E-state index in [0.717, 1.165) is 0 Å². The van der Waals surface area contributed by atoms with Gasteiger partial charge in [-0.25, -0.2) is 4.79 Å². The molecule has 0 bridgehead atoms. The van der Waals surface area contributed by atoms with E-state index < -0.39 is 5.97 Å². The average molecular weight is 252 g/mol. The van der Waals surface area contributed by atoms with E-state index in [1.807, 2.05) is 6.92 Å². The van der Waals surface area contributed by atoms with Gasteiger partial charge < -0.3 is 14.2 Å². The second-order valence-electron chi connectivity index (χ2n) is 4.42. The van der Waals surface area contributed by atoms with Crippen LogP contribution in [-0.4, -0.2) is 26.3 Å². The van der Waals surface area contributed by atoms with E-state index in [1.54, 1.807) is 25.3 Å². The van der Waals surface area contributed by atoms with Crippen molar-refractivity contribution in [3.8, 4) is 11.5 Å². The molecule has 1 aromatic rings. The summed E-state index contributed by atoms with van der Waals surface area (Å²) in [4.78, 5) is 11.4. The van der Waals surface area contributed by atoms with Crippen molar-refractivity contribution in [1.82, 2.24) is 0 Å². The minimum absolute atomic E-state index is 0.0721. The van der Waals surface area contributed by atoms with Gasteiger partial charge in [-0.2, -0.15) is 0 Å². The Morgan fingerprint density at radius 2 is 1.78 bits per heavy atom. The molecule has 0 amide bonds. The molecule has 1 unspecified atom stereocenters. The van der Waals surface area contributed by atoms with Crippen molar-refractivity contribution in [3.63, 3.8) is 0 Å². The molecule has 0 heterocycles. The first-order chi connectivity index (χ1) is 8.49. The summed E-state index contributed by atoms with van der Waals surface area (Å²) in [5.74, 6) is 1.17. The SMILES string of the molecule is COC(=O)c1ccc(OC(C)C(C)C)c(OC)c1. The number of carbonyl (C=O) groups is 1. The second-order valence-corrected chi connectivity index (χ2v) is 4.42. The van der Waals surface area contributed by atoms with Gasteiger partial charge in [0.15, 0.2) is 11.5 Å². The molecule has 0 radical (unpaired) electrons. The highest BCUT2D eigenvalue weighted by atomic mass is 16.5. The third-order valence-corrected chi connectivity index (χ3v) is 2.84. The molecule has 100 valence electrons. The zero-order chi connectivity index (χ0) is 13.7. The van der Waals surface area contributed by atoms with Crippen LogP contribution in [0.25, 0.3) is 0 Å². The van der Waals surface area contributed by atoms with E-state index in [1.165, 1.54) is 7.11 Å². The lowest BCUT2D eigenvalue weighted by Gasteiger charge is -2.20. The summed E-state index contributed by atoms with van der Waals surface area (Å²) >= 11 is 0. The number of benzene rings is 1. The Bertz CT molecular complexity index is 412. The van der Waals surface area contributed by atoms with Gasteiger partial charge in [-0.3, -0.25) is 0 Å². The Morgan fingerprint density at radius 1 is 1.11 bits per heavy atom. The summed E-state index contributed by atoms with van der Waals surface area (Å²) < 4.78 is 15.7.